The highest BCUT2D eigenvalue weighted by Crippen LogP contribution is 2.55. The molecule has 3 heteroatoms. The Morgan fingerprint density at radius 2 is 1.58 bits per heavy atom. The highest BCUT2D eigenvalue weighted by molar-refractivity contribution is 14.1. The summed E-state index contributed by atoms with van der Waals surface area (Å²) in [6.45, 7) is 4.94. The first-order chi connectivity index (χ1) is 11.5. The minimum Gasteiger partial charge on any atom is -0.0688 e. The molecule has 0 bridgehead atoms. The Balaban J connectivity index is 1.87. The molecular weight excluding hydrogens is 537 g/mol. The summed E-state index contributed by atoms with van der Waals surface area (Å²) >= 11 is 4.94. The van der Waals surface area contributed by atoms with E-state index in [2.05, 4.69) is 102 Å². The van der Waals surface area contributed by atoms with E-state index in [0.717, 1.165) is 17.7 Å². The summed E-state index contributed by atoms with van der Waals surface area (Å²) in [4.78, 5) is 0. The number of halogens is 2. The van der Waals surface area contributed by atoms with Crippen LogP contribution in [0.2, 0.25) is 0 Å². The smallest absolute Gasteiger partial charge is 0.0139 e. The topological polar surface area (TPSA) is 0 Å². The zero-order valence-corrected chi connectivity index (χ0v) is 19.2. The second kappa shape index (κ2) is 7.00. The summed E-state index contributed by atoms with van der Waals surface area (Å²) in [6, 6.07) is 11.7. The van der Waals surface area contributed by atoms with Gasteiger partial charge in [-0.15, -0.1) is 0 Å². The molecule has 0 nitrogen and oxygen atoms in total. The Kier molecular flexibility index (Phi) is 5.10. The molecule has 1 fully saturated rings. The molecule has 2 atom stereocenters. The van der Waals surface area contributed by atoms with Gasteiger partial charge in [0, 0.05) is 7.14 Å². The molecule has 2 aliphatic rings. The van der Waals surface area contributed by atoms with Gasteiger partial charge >= 0.3 is 0 Å². The standard InChI is InChI=1S/C21H21I2P/c1-13-3-4-14(2)24(13)21-12-19(23)11-17-9-16-10-18(22)7-5-15(16)6-8-20(17)21/h5-8,10-14H,3-4,9H2,1-2H3/t13-,14-/m0/s1. The summed E-state index contributed by atoms with van der Waals surface area (Å²) < 4.78 is 2.73. The Hall–Kier alpha value is 0.0700. The number of hydrogen-bond acceptors (Lipinski definition) is 0. The molecular formula is C21H21I2P. The third kappa shape index (κ3) is 3.23. The Morgan fingerprint density at radius 1 is 0.875 bits per heavy atom. The van der Waals surface area contributed by atoms with E-state index in [1.54, 1.807) is 5.30 Å². The Bertz CT molecular complexity index is 815. The lowest BCUT2D eigenvalue weighted by atomic mass is 10.00. The van der Waals surface area contributed by atoms with Gasteiger partial charge in [-0.2, -0.15) is 0 Å². The maximum absolute atomic E-state index is 2.52. The molecule has 0 N–H and O–H groups in total. The van der Waals surface area contributed by atoms with Gasteiger partial charge in [-0.05, 0) is 128 Å². The predicted octanol–water partition coefficient (Wildman–Crippen LogP) is 6.65. The molecule has 24 heavy (non-hydrogen) atoms. The Labute approximate surface area is 173 Å². The lowest BCUT2D eigenvalue weighted by molar-refractivity contribution is 0.777. The van der Waals surface area contributed by atoms with Gasteiger partial charge in [0.25, 0.3) is 0 Å². The molecule has 124 valence electrons. The first kappa shape index (κ1) is 17.5. The normalized spacial score (nSPS) is 23.0. The molecule has 1 heterocycles. The first-order valence-corrected chi connectivity index (χ1v) is 12.2. The van der Waals surface area contributed by atoms with E-state index in [0.29, 0.717) is 0 Å². The minimum atomic E-state index is -0.0451. The number of hydrogen-bond donors (Lipinski definition) is 0. The lowest BCUT2D eigenvalue weighted by Crippen LogP contribution is -2.16. The minimum absolute atomic E-state index is 0.0451. The van der Waals surface area contributed by atoms with Crippen molar-refractivity contribution in [1.82, 2.24) is 0 Å². The largest absolute Gasteiger partial charge is 0.0688 e. The van der Waals surface area contributed by atoms with Gasteiger partial charge in [0.2, 0.25) is 0 Å². The van der Waals surface area contributed by atoms with Gasteiger partial charge in [-0.25, -0.2) is 0 Å². The average Bonchev–Trinajstić information content (AvgIpc) is 2.76. The predicted molar refractivity (Wildman–Crippen MR) is 125 cm³/mol. The van der Waals surface area contributed by atoms with Crippen LogP contribution in [0.1, 0.15) is 48.9 Å². The van der Waals surface area contributed by atoms with Gasteiger partial charge in [0.15, 0.2) is 0 Å². The first-order valence-electron chi connectivity index (χ1n) is 8.60. The molecule has 1 aliphatic heterocycles. The van der Waals surface area contributed by atoms with E-state index in [9.17, 15) is 0 Å². The fraction of sp³-hybridized carbons (Fsp3) is 0.333. The van der Waals surface area contributed by atoms with E-state index < -0.39 is 0 Å². The van der Waals surface area contributed by atoms with Crippen LogP contribution >= 0.6 is 53.1 Å². The van der Waals surface area contributed by atoms with Crippen LogP contribution in [0.25, 0.3) is 12.2 Å². The maximum Gasteiger partial charge on any atom is 0.0139 e. The summed E-state index contributed by atoms with van der Waals surface area (Å²) in [6.07, 6.45) is 8.60. The van der Waals surface area contributed by atoms with Crippen molar-refractivity contribution in [1.29, 1.82) is 0 Å². The number of fused-ring (bicyclic) bond motifs is 2. The quantitative estimate of drug-likeness (QED) is 0.232. The molecule has 0 spiro atoms. The van der Waals surface area contributed by atoms with Gasteiger partial charge in [-0.1, -0.05) is 40.0 Å². The van der Waals surface area contributed by atoms with Crippen LogP contribution in [0, 0.1) is 7.14 Å². The summed E-state index contributed by atoms with van der Waals surface area (Å²) in [5.41, 5.74) is 7.60. The third-order valence-corrected chi connectivity index (χ3v) is 9.99. The molecule has 2 aromatic rings. The lowest BCUT2D eigenvalue weighted by Gasteiger charge is -2.25. The van der Waals surface area contributed by atoms with E-state index in [1.165, 1.54) is 42.2 Å². The second-order valence-corrected chi connectivity index (χ2v) is 12.6. The van der Waals surface area contributed by atoms with Crippen LogP contribution in [-0.2, 0) is 6.42 Å². The van der Waals surface area contributed by atoms with E-state index in [4.69, 9.17) is 0 Å². The highest BCUT2D eigenvalue weighted by Gasteiger charge is 2.33. The highest BCUT2D eigenvalue weighted by atomic mass is 127. The van der Waals surface area contributed by atoms with Crippen LogP contribution < -0.4 is 5.30 Å². The molecule has 0 aromatic heterocycles. The van der Waals surface area contributed by atoms with Crippen LogP contribution in [0.3, 0.4) is 0 Å². The fourth-order valence-electron chi connectivity index (χ4n) is 4.15. The SMILES string of the molecule is C[C@H]1CC[C@H](C)P1c1cc(I)cc2c1C=Cc1ccc(I)cc1C2. The van der Waals surface area contributed by atoms with Crippen molar-refractivity contribution in [3.05, 3.63) is 59.7 Å². The second-order valence-electron chi connectivity index (χ2n) is 7.03. The zero-order chi connectivity index (χ0) is 16.8. The molecule has 0 amide bonds. The summed E-state index contributed by atoms with van der Waals surface area (Å²) in [5.74, 6) is 0. The fourth-order valence-corrected chi connectivity index (χ4v) is 9.10. The van der Waals surface area contributed by atoms with Gasteiger partial charge in [0.05, 0.1) is 0 Å². The monoisotopic (exact) mass is 558 g/mol. The van der Waals surface area contributed by atoms with E-state index in [1.807, 2.05) is 0 Å². The van der Waals surface area contributed by atoms with Crippen molar-refractivity contribution in [2.75, 3.05) is 0 Å². The van der Waals surface area contributed by atoms with Crippen molar-refractivity contribution in [2.24, 2.45) is 0 Å². The molecule has 1 saturated heterocycles. The zero-order valence-electron chi connectivity index (χ0n) is 14.0. The van der Waals surface area contributed by atoms with Crippen LogP contribution in [-0.4, -0.2) is 11.3 Å². The van der Waals surface area contributed by atoms with E-state index in [-0.39, 0.29) is 7.92 Å². The van der Waals surface area contributed by atoms with Crippen LogP contribution in [0.5, 0.6) is 0 Å². The van der Waals surface area contributed by atoms with Crippen molar-refractivity contribution < 1.29 is 0 Å². The van der Waals surface area contributed by atoms with Gasteiger partial charge in [-0.3, -0.25) is 0 Å². The Morgan fingerprint density at radius 3 is 2.33 bits per heavy atom. The number of rotatable bonds is 1. The molecule has 2 aromatic carbocycles. The molecule has 1 aliphatic carbocycles. The maximum atomic E-state index is 2.52. The van der Waals surface area contributed by atoms with Crippen molar-refractivity contribution in [2.45, 2.75) is 44.4 Å². The van der Waals surface area contributed by atoms with E-state index >= 15 is 0 Å². The van der Waals surface area contributed by atoms with Crippen LogP contribution in [0.4, 0.5) is 0 Å². The molecule has 0 radical (unpaired) electrons. The molecule has 0 unspecified atom stereocenters. The molecule has 0 saturated carbocycles. The van der Waals surface area contributed by atoms with Crippen LogP contribution in [0.15, 0.2) is 30.3 Å². The molecule has 4 rings (SSSR count). The summed E-state index contributed by atoms with van der Waals surface area (Å²) in [5, 5.41) is 1.66. The van der Waals surface area contributed by atoms with Crippen molar-refractivity contribution in [3.8, 4) is 0 Å². The summed E-state index contributed by atoms with van der Waals surface area (Å²) in [7, 11) is -0.0451. The number of benzene rings is 2. The van der Waals surface area contributed by atoms with Gasteiger partial charge in [0.1, 0.15) is 0 Å². The van der Waals surface area contributed by atoms with Crippen molar-refractivity contribution in [3.63, 3.8) is 0 Å². The van der Waals surface area contributed by atoms with Crippen molar-refractivity contribution >= 4 is 70.6 Å². The average molecular weight is 558 g/mol. The van der Waals surface area contributed by atoms with Gasteiger partial charge < -0.3 is 0 Å². The third-order valence-electron chi connectivity index (χ3n) is 5.35.